The normalized spacial score (nSPS) is 11.8. The van der Waals surface area contributed by atoms with Gasteiger partial charge in [0.15, 0.2) is 0 Å². The lowest BCUT2D eigenvalue weighted by atomic mass is 10.0. The Morgan fingerprint density at radius 1 is 1.10 bits per heavy atom. The number of furan rings is 1. The van der Waals surface area contributed by atoms with E-state index in [1.54, 1.807) is 17.1 Å². The highest BCUT2D eigenvalue weighted by molar-refractivity contribution is 7.93. The van der Waals surface area contributed by atoms with Gasteiger partial charge in [-0.2, -0.15) is 13.9 Å². The maximum Gasteiger partial charge on any atom is 0.355 e. The topological polar surface area (TPSA) is 145 Å². The number of fused-ring (bicyclic) bond motifs is 1. The summed E-state index contributed by atoms with van der Waals surface area (Å²) in [7, 11) is -4.99. The van der Waals surface area contributed by atoms with Gasteiger partial charge in [-0.15, -0.1) is 0 Å². The molecule has 5 rings (SSSR count). The molecule has 40 heavy (non-hydrogen) atoms. The molecule has 0 aliphatic rings. The predicted octanol–water partition coefficient (Wildman–Crippen LogP) is 4.62. The molecule has 10 nitrogen and oxygen atoms in total. The standard InChI is InChI=1S/C26H22F3N5O5S/c27-18-4-1-15(2-5-18)13-38-22-9-16(3-6-21(22)33-40(36,37)26(28)29)20-14-39-24-19(11-31-25(30)23(20)24)17-10-32-34(12-17)7-8-35/h1-6,9-12,14,26,33,35H,7-8,13H2,(H2,30,31). The van der Waals surface area contributed by atoms with E-state index in [-0.39, 0.29) is 30.5 Å². The average Bonchev–Trinajstić information content (AvgIpc) is 3.58. The molecule has 14 heteroatoms. The van der Waals surface area contributed by atoms with Crippen molar-refractivity contribution in [2.45, 2.75) is 18.9 Å². The lowest BCUT2D eigenvalue weighted by molar-refractivity contribution is 0.236. The largest absolute Gasteiger partial charge is 0.487 e. The molecule has 0 atom stereocenters. The van der Waals surface area contributed by atoms with Gasteiger partial charge in [0.25, 0.3) is 10.0 Å². The van der Waals surface area contributed by atoms with Crippen molar-refractivity contribution >= 4 is 32.5 Å². The van der Waals surface area contributed by atoms with Crippen LogP contribution in [0.3, 0.4) is 0 Å². The number of nitrogens with zero attached hydrogens (tertiary/aromatic N) is 3. The molecule has 0 saturated carbocycles. The molecule has 0 amide bonds. The molecule has 3 aromatic heterocycles. The molecule has 0 radical (unpaired) electrons. The Hall–Kier alpha value is -4.56. The minimum Gasteiger partial charge on any atom is -0.487 e. The summed E-state index contributed by atoms with van der Waals surface area (Å²) in [5.74, 6) is -4.02. The summed E-state index contributed by atoms with van der Waals surface area (Å²) >= 11 is 0. The van der Waals surface area contributed by atoms with E-state index in [1.165, 1.54) is 54.9 Å². The molecule has 0 spiro atoms. The summed E-state index contributed by atoms with van der Waals surface area (Å²) in [5.41, 5.74) is 9.17. The van der Waals surface area contributed by atoms with E-state index in [9.17, 15) is 26.7 Å². The number of aromatic nitrogens is 3. The number of alkyl halides is 2. The lowest BCUT2D eigenvalue weighted by Gasteiger charge is -2.15. The first-order valence-corrected chi connectivity index (χ1v) is 13.3. The van der Waals surface area contributed by atoms with E-state index in [0.29, 0.717) is 45.3 Å². The highest BCUT2D eigenvalue weighted by Gasteiger charge is 2.26. The van der Waals surface area contributed by atoms with Crippen LogP contribution < -0.4 is 15.2 Å². The fraction of sp³-hybridized carbons (Fsp3) is 0.154. The number of aliphatic hydroxyl groups excluding tert-OH is 1. The number of pyridine rings is 1. The van der Waals surface area contributed by atoms with Crippen molar-refractivity contribution in [2.24, 2.45) is 0 Å². The van der Waals surface area contributed by atoms with Crippen molar-refractivity contribution < 1.29 is 35.8 Å². The number of halogens is 3. The Balaban J connectivity index is 1.56. The predicted molar refractivity (Wildman–Crippen MR) is 141 cm³/mol. The van der Waals surface area contributed by atoms with Gasteiger partial charge in [0.2, 0.25) is 0 Å². The van der Waals surface area contributed by atoms with Gasteiger partial charge < -0.3 is 20.0 Å². The maximum atomic E-state index is 13.3. The van der Waals surface area contributed by atoms with E-state index in [1.807, 2.05) is 4.72 Å². The van der Waals surface area contributed by atoms with Gasteiger partial charge in [-0.05, 0) is 35.4 Å². The van der Waals surface area contributed by atoms with Crippen LogP contribution in [0.2, 0.25) is 0 Å². The zero-order valence-corrected chi connectivity index (χ0v) is 21.4. The second-order valence-corrected chi connectivity index (χ2v) is 10.3. The molecule has 5 aromatic rings. The summed E-state index contributed by atoms with van der Waals surface area (Å²) in [4.78, 5) is 4.28. The monoisotopic (exact) mass is 573 g/mol. The van der Waals surface area contributed by atoms with Crippen LogP contribution in [0.5, 0.6) is 5.75 Å². The second kappa shape index (κ2) is 10.9. The summed E-state index contributed by atoms with van der Waals surface area (Å²) in [6.45, 7) is 0.110. The number of hydrogen-bond donors (Lipinski definition) is 3. The van der Waals surface area contributed by atoms with Gasteiger partial charge in [0.05, 0.1) is 36.7 Å². The van der Waals surface area contributed by atoms with Crippen molar-refractivity contribution in [3.8, 4) is 28.0 Å². The number of nitrogen functional groups attached to an aromatic ring is 1. The summed E-state index contributed by atoms with van der Waals surface area (Å²) in [5, 5.41) is 13.8. The van der Waals surface area contributed by atoms with Crippen LogP contribution in [0.1, 0.15) is 5.56 Å². The minimum atomic E-state index is -4.99. The lowest BCUT2D eigenvalue weighted by Crippen LogP contribution is -2.21. The Kier molecular flexibility index (Phi) is 7.36. The SMILES string of the molecule is Nc1ncc(-c2cnn(CCO)c2)c2occ(-c3ccc(NS(=O)(=O)C(F)F)c(OCc4ccc(F)cc4)c3)c12. The number of rotatable bonds is 10. The summed E-state index contributed by atoms with van der Waals surface area (Å²) < 4.78 is 78.3. The van der Waals surface area contributed by atoms with Gasteiger partial charge in [0, 0.05) is 29.1 Å². The number of sulfonamides is 1. The Bertz CT molecular complexity index is 1770. The first kappa shape index (κ1) is 27.0. The van der Waals surface area contributed by atoms with Crippen molar-refractivity contribution in [2.75, 3.05) is 17.1 Å². The number of nitrogens with two attached hydrogens (primary N) is 1. The van der Waals surface area contributed by atoms with E-state index < -0.39 is 21.6 Å². The van der Waals surface area contributed by atoms with Crippen molar-refractivity contribution in [3.63, 3.8) is 0 Å². The van der Waals surface area contributed by atoms with E-state index >= 15 is 0 Å². The van der Waals surface area contributed by atoms with Gasteiger partial charge in [-0.1, -0.05) is 18.2 Å². The molecule has 0 unspecified atom stereocenters. The number of ether oxygens (including phenoxy) is 1. The zero-order valence-electron chi connectivity index (χ0n) is 20.6. The third-order valence-corrected chi connectivity index (χ3v) is 6.96. The number of nitrogens with one attached hydrogen (secondary N) is 1. The van der Waals surface area contributed by atoms with Gasteiger partial charge in [-0.25, -0.2) is 17.8 Å². The van der Waals surface area contributed by atoms with Crippen molar-refractivity contribution in [1.82, 2.24) is 14.8 Å². The van der Waals surface area contributed by atoms with E-state index in [0.717, 1.165) is 0 Å². The third kappa shape index (κ3) is 5.44. The highest BCUT2D eigenvalue weighted by Crippen LogP contribution is 2.41. The Labute approximate surface area is 225 Å². The molecule has 3 heterocycles. The fourth-order valence-electron chi connectivity index (χ4n) is 4.05. The summed E-state index contributed by atoms with van der Waals surface area (Å²) in [6, 6.07) is 9.62. The Morgan fingerprint density at radius 2 is 1.88 bits per heavy atom. The number of aliphatic hydroxyl groups is 1. The highest BCUT2D eigenvalue weighted by atomic mass is 32.2. The first-order valence-electron chi connectivity index (χ1n) is 11.8. The van der Waals surface area contributed by atoms with Gasteiger partial charge in [-0.3, -0.25) is 9.40 Å². The summed E-state index contributed by atoms with van der Waals surface area (Å²) in [6.07, 6.45) is 6.28. The fourth-order valence-corrected chi connectivity index (χ4v) is 4.61. The minimum absolute atomic E-state index is 0.0617. The molecule has 0 aliphatic carbocycles. The van der Waals surface area contributed by atoms with Crippen LogP contribution in [-0.2, 0) is 23.2 Å². The maximum absolute atomic E-state index is 13.3. The van der Waals surface area contributed by atoms with E-state index in [4.69, 9.17) is 14.9 Å². The second-order valence-electron chi connectivity index (χ2n) is 8.66. The molecule has 2 aromatic carbocycles. The van der Waals surface area contributed by atoms with Crippen LogP contribution in [0.25, 0.3) is 33.2 Å². The van der Waals surface area contributed by atoms with Crippen LogP contribution >= 0.6 is 0 Å². The Morgan fingerprint density at radius 3 is 2.60 bits per heavy atom. The molecule has 0 fully saturated rings. The van der Waals surface area contributed by atoms with Gasteiger partial charge in [0.1, 0.15) is 29.6 Å². The van der Waals surface area contributed by atoms with Gasteiger partial charge >= 0.3 is 5.76 Å². The van der Waals surface area contributed by atoms with Crippen LogP contribution in [0.4, 0.5) is 24.7 Å². The smallest absolute Gasteiger partial charge is 0.355 e. The molecule has 0 saturated heterocycles. The quantitative estimate of drug-likeness (QED) is 0.220. The molecule has 4 N–H and O–H groups in total. The van der Waals surface area contributed by atoms with Crippen LogP contribution in [0, 0.1) is 5.82 Å². The van der Waals surface area contributed by atoms with Crippen LogP contribution in [-0.4, -0.2) is 40.7 Å². The van der Waals surface area contributed by atoms with Crippen molar-refractivity contribution in [1.29, 1.82) is 0 Å². The molecule has 0 aliphatic heterocycles. The molecule has 208 valence electrons. The number of hydrogen-bond acceptors (Lipinski definition) is 8. The average molecular weight is 574 g/mol. The molecular weight excluding hydrogens is 551 g/mol. The first-order chi connectivity index (χ1) is 19.2. The zero-order chi connectivity index (χ0) is 28.4. The third-order valence-electron chi connectivity index (χ3n) is 5.98. The molecular formula is C26H22F3N5O5S. The van der Waals surface area contributed by atoms with Crippen molar-refractivity contribution in [3.05, 3.63) is 78.7 Å². The van der Waals surface area contributed by atoms with Crippen LogP contribution in [0.15, 0.2) is 71.7 Å². The van der Waals surface area contributed by atoms with E-state index in [2.05, 4.69) is 10.1 Å². The number of benzene rings is 2. The molecule has 0 bridgehead atoms. The number of anilines is 2.